The van der Waals surface area contributed by atoms with Crippen molar-refractivity contribution < 1.29 is 23.9 Å². The summed E-state index contributed by atoms with van der Waals surface area (Å²) in [5.41, 5.74) is 0.0446. The molecule has 6 heteroatoms. The van der Waals surface area contributed by atoms with Gasteiger partial charge in [0.05, 0.1) is 7.11 Å². The third-order valence-electron chi connectivity index (χ3n) is 3.57. The van der Waals surface area contributed by atoms with E-state index in [1.165, 1.54) is 7.11 Å². The predicted molar refractivity (Wildman–Crippen MR) is 84.6 cm³/mol. The molecule has 0 aromatic heterocycles. The molecule has 23 heavy (non-hydrogen) atoms. The number of hydrogen-bond donors (Lipinski definition) is 1. The summed E-state index contributed by atoms with van der Waals surface area (Å²) < 4.78 is 9.74. The highest BCUT2D eigenvalue weighted by atomic mass is 16.5. The number of ether oxygens (including phenoxy) is 2. The Labute approximate surface area is 136 Å². The van der Waals surface area contributed by atoms with Crippen LogP contribution in [0.2, 0.25) is 0 Å². The lowest BCUT2D eigenvalue weighted by Crippen LogP contribution is -2.46. The van der Waals surface area contributed by atoms with Crippen molar-refractivity contribution in [2.45, 2.75) is 39.3 Å². The van der Waals surface area contributed by atoms with Gasteiger partial charge in [-0.1, -0.05) is 44.2 Å². The molecule has 6 nitrogen and oxygen atoms in total. The molecule has 1 atom stereocenters. The fourth-order valence-corrected chi connectivity index (χ4v) is 1.98. The fraction of sp³-hybridized carbons (Fsp3) is 0.471. The van der Waals surface area contributed by atoms with Gasteiger partial charge in [0, 0.05) is 17.9 Å². The summed E-state index contributed by atoms with van der Waals surface area (Å²) >= 11 is 0. The maximum absolute atomic E-state index is 11.9. The first-order valence-corrected chi connectivity index (χ1v) is 7.39. The molecule has 0 saturated carbocycles. The van der Waals surface area contributed by atoms with Gasteiger partial charge in [0.2, 0.25) is 0 Å². The van der Waals surface area contributed by atoms with Gasteiger partial charge in [-0.25, -0.2) is 4.79 Å². The van der Waals surface area contributed by atoms with Crippen LogP contribution in [0.3, 0.4) is 0 Å². The Morgan fingerprint density at radius 1 is 1.26 bits per heavy atom. The molecule has 0 radical (unpaired) electrons. The number of methoxy groups -OCH3 is 1. The van der Waals surface area contributed by atoms with Crippen molar-refractivity contribution in [1.82, 2.24) is 5.32 Å². The summed E-state index contributed by atoms with van der Waals surface area (Å²) in [6, 6.07) is 8.74. The van der Waals surface area contributed by atoms with Crippen molar-refractivity contribution in [3.8, 4) is 0 Å². The standard InChI is InChI=1S/C17H23NO5/c1-17(2,12-19)14(9-10-15(20)22-3)18-16(21)23-11-13-7-5-4-6-8-13/h4-8,12,14H,9-11H2,1-3H3,(H,18,21). The third-order valence-corrected chi connectivity index (χ3v) is 3.57. The second-order valence-corrected chi connectivity index (χ2v) is 5.81. The number of carbonyl (C=O) groups is 3. The largest absolute Gasteiger partial charge is 0.469 e. The second-order valence-electron chi connectivity index (χ2n) is 5.81. The van der Waals surface area contributed by atoms with Crippen LogP contribution in [-0.4, -0.2) is 31.5 Å². The number of amides is 1. The van der Waals surface area contributed by atoms with E-state index in [9.17, 15) is 14.4 Å². The number of esters is 1. The van der Waals surface area contributed by atoms with E-state index in [0.29, 0.717) is 6.42 Å². The lowest BCUT2D eigenvalue weighted by Gasteiger charge is -2.29. The lowest BCUT2D eigenvalue weighted by atomic mass is 9.83. The highest BCUT2D eigenvalue weighted by Gasteiger charge is 2.31. The molecule has 0 aliphatic heterocycles. The second kappa shape index (κ2) is 8.92. The van der Waals surface area contributed by atoms with Crippen molar-refractivity contribution in [2.75, 3.05) is 7.11 Å². The number of carbonyl (C=O) groups excluding carboxylic acids is 3. The number of nitrogens with one attached hydrogen (secondary N) is 1. The zero-order valence-corrected chi connectivity index (χ0v) is 13.7. The molecule has 0 aliphatic carbocycles. The van der Waals surface area contributed by atoms with Gasteiger partial charge in [0.15, 0.2) is 0 Å². The first kappa shape index (κ1) is 18.7. The Bertz CT molecular complexity index is 527. The lowest BCUT2D eigenvalue weighted by molar-refractivity contribution is -0.141. The molecule has 1 aromatic carbocycles. The van der Waals surface area contributed by atoms with Crippen molar-refractivity contribution in [2.24, 2.45) is 5.41 Å². The first-order valence-electron chi connectivity index (χ1n) is 7.39. The topological polar surface area (TPSA) is 81.7 Å². The van der Waals surface area contributed by atoms with Crippen molar-refractivity contribution in [3.05, 3.63) is 35.9 Å². The summed E-state index contributed by atoms with van der Waals surface area (Å²) in [7, 11) is 1.30. The van der Waals surface area contributed by atoms with Gasteiger partial charge in [0.25, 0.3) is 0 Å². The minimum absolute atomic E-state index is 0.109. The van der Waals surface area contributed by atoms with Crippen LogP contribution in [0.15, 0.2) is 30.3 Å². The summed E-state index contributed by atoms with van der Waals surface area (Å²) in [6.45, 7) is 3.52. The van der Waals surface area contributed by atoms with Crippen LogP contribution in [-0.2, 0) is 25.7 Å². The molecule has 0 bridgehead atoms. The van der Waals surface area contributed by atoms with Crippen LogP contribution in [0, 0.1) is 5.41 Å². The van der Waals surface area contributed by atoms with E-state index in [0.717, 1.165) is 11.8 Å². The normalized spacial score (nSPS) is 12.1. The van der Waals surface area contributed by atoms with E-state index >= 15 is 0 Å². The Balaban J connectivity index is 2.59. The molecule has 1 rings (SSSR count). The highest BCUT2D eigenvalue weighted by Crippen LogP contribution is 2.22. The average molecular weight is 321 g/mol. The zero-order valence-electron chi connectivity index (χ0n) is 13.7. The minimum atomic E-state index is -0.820. The number of aldehydes is 1. The SMILES string of the molecule is COC(=O)CCC(NC(=O)OCc1ccccc1)C(C)(C)C=O. The Kier molecular flexibility index (Phi) is 7.25. The van der Waals surface area contributed by atoms with Crippen LogP contribution in [0.25, 0.3) is 0 Å². The first-order chi connectivity index (χ1) is 10.9. The van der Waals surface area contributed by atoms with Crippen molar-refractivity contribution in [1.29, 1.82) is 0 Å². The summed E-state index contributed by atoms with van der Waals surface area (Å²) in [5, 5.41) is 2.66. The van der Waals surface area contributed by atoms with Gasteiger partial charge < -0.3 is 19.6 Å². The monoisotopic (exact) mass is 321 g/mol. The molecule has 0 fully saturated rings. The predicted octanol–water partition coefficient (Wildman–Crippen LogP) is 2.46. The zero-order chi connectivity index (χ0) is 17.3. The molecule has 126 valence electrons. The van der Waals surface area contributed by atoms with E-state index in [4.69, 9.17) is 4.74 Å². The molecule has 0 spiro atoms. The van der Waals surface area contributed by atoms with E-state index in [-0.39, 0.29) is 13.0 Å². The van der Waals surface area contributed by atoms with Gasteiger partial charge in [-0.15, -0.1) is 0 Å². The average Bonchev–Trinajstić information content (AvgIpc) is 2.57. The van der Waals surface area contributed by atoms with Crippen LogP contribution in [0.4, 0.5) is 4.79 Å². The van der Waals surface area contributed by atoms with Crippen LogP contribution >= 0.6 is 0 Å². The highest BCUT2D eigenvalue weighted by molar-refractivity contribution is 5.71. The molecular weight excluding hydrogens is 298 g/mol. The van der Waals surface area contributed by atoms with Crippen LogP contribution in [0.1, 0.15) is 32.3 Å². The Hall–Kier alpha value is -2.37. The van der Waals surface area contributed by atoms with Gasteiger partial charge >= 0.3 is 12.1 Å². The van der Waals surface area contributed by atoms with Crippen molar-refractivity contribution >= 4 is 18.3 Å². The smallest absolute Gasteiger partial charge is 0.407 e. The van der Waals surface area contributed by atoms with Crippen LogP contribution < -0.4 is 5.32 Å². The van der Waals surface area contributed by atoms with Gasteiger partial charge in [-0.2, -0.15) is 0 Å². The third kappa shape index (κ3) is 6.50. The molecule has 1 aromatic rings. The molecule has 0 aliphatic rings. The minimum Gasteiger partial charge on any atom is -0.469 e. The van der Waals surface area contributed by atoms with Gasteiger partial charge in [-0.05, 0) is 12.0 Å². The van der Waals surface area contributed by atoms with Gasteiger partial charge in [-0.3, -0.25) is 4.79 Å². The number of rotatable bonds is 8. The summed E-state index contributed by atoms with van der Waals surface area (Å²) in [6.07, 6.45) is 0.529. The van der Waals surface area contributed by atoms with E-state index < -0.39 is 23.5 Å². The summed E-state index contributed by atoms with van der Waals surface area (Å²) in [4.78, 5) is 34.4. The Morgan fingerprint density at radius 3 is 2.48 bits per heavy atom. The Morgan fingerprint density at radius 2 is 1.91 bits per heavy atom. The van der Waals surface area contributed by atoms with Gasteiger partial charge in [0.1, 0.15) is 12.9 Å². The van der Waals surface area contributed by atoms with Crippen LogP contribution in [0.5, 0.6) is 0 Å². The summed E-state index contributed by atoms with van der Waals surface area (Å²) in [5.74, 6) is -0.392. The maximum Gasteiger partial charge on any atom is 0.407 e. The van der Waals surface area contributed by atoms with E-state index in [2.05, 4.69) is 10.1 Å². The molecule has 1 amide bonds. The molecule has 0 heterocycles. The fourth-order valence-electron chi connectivity index (χ4n) is 1.98. The van der Waals surface area contributed by atoms with Crippen molar-refractivity contribution in [3.63, 3.8) is 0 Å². The molecule has 0 saturated heterocycles. The number of benzene rings is 1. The quantitative estimate of drug-likeness (QED) is 0.587. The molecule has 1 N–H and O–H groups in total. The molecule has 1 unspecified atom stereocenters. The van der Waals surface area contributed by atoms with E-state index in [1.54, 1.807) is 13.8 Å². The van der Waals surface area contributed by atoms with E-state index in [1.807, 2.05) is 30.3 Å². The number of alkyl carbamates (subject to hydrolysis) is 1. The molecular formula is C17H23NO5. The number of hydrogen-bond acceptors (Lipinski definition) is 5. The maximum atomic E-state index is 11.9.